The van der Waals surface area contributed by atoms with E-state index in [0.29, 0.717) is 32.7 Å². The molecule has 0 saturated carbocycles. The van der Waals surface area contributed by atoms with E-state index in [1.54, 1.807) is 7.11 Å². The monoisotopic (exact) mass is 1000 g/mol. The quantitative estimate of drug-likeness (QED) is 0.0233. The fourth-order valence-electron chi connectivity index (χ4n) is 5.79. The van der Waals surface area contributed by atoms with Gasteiger partial charge >= 0.3 is 94.5 Å². The number of hydrogen-bond donors (Lipinski definition) is 0. The smallest absolute Gasteiger partial charge is 0.743 e. The van der Waals surface area contributed by atoms with Gasteiger partial charge in [-0.2, -0.15) is 22.0 Å². The summed E-state index contributed by atoms with van der Waals surface area (Å²) in [4.78, 5) is 11.8. The minimum Gasteiger partial charge on any atom is -0.743 e. The zero-order valence-corrected chi connectivity index (χ0v) is 42.9. The summed E-state index contributed by atoms with van der Waals surface area (Å²) < 4.78 is 140. The second-order valence-corrected chi connectivity index (χ2v) is 37.3. The standard InChI is InChI=1S/C30H65F5O11SSi5.6CH4.K/c1-40-23-24-41-22-20-26-52(11,45-50(8,9)43-48(2,3)4)46-51(10,44-49(5,6)7)25-19-17-15-13-12-14-16-18-21-27(36)42-28(29(31,32)33)30(34,35)47(37,38)39;;;;;;;/h28H,12-26H2,1-11H3,(H,37,38,39);6*1H4;/q;;;;;;;+1/p-1. The van der Waals surface area contributed by atoms with Gasteiger partial charge < -0.3 is 35.2 Å². The maximum absolute atomic E-state index is 13.6. The molecule has 0 aromatic carbocycles. The van der Waals surface area contributed by atoms with Crippen molar-refractivity contribution in [2.24, 2.45) is 0 Å². The molecule has 0 fully saturated rings. The second kappa shape index (κ2) is 33.9. The molecule has 11 nitrogen and oxygen atoms in total. The Balaban J connectivity index is -0.000000619. The Morgan fingerprint density at radius 1 is 0.593 bits per heavy atom. The molecule has 3 unspecified atom stereocenters. The molecular weight excluding hydrogens is 915 g/mol. The minimum atomic E-state index is -6.72. The molecule has 23 heteroatoms. The van der Waals surface area contributed by atoms with Crippen LogP contribution in [0.2, 0.25) is 77.6 Å². The van der Waals surface area contributed by atoms with E-state index >= 15 is 0 Å². The Morgan fingerprint density at radius 3 is 1.41 bits per heavy atom. The van der Waals surface area contributed by atoms with Gasteiger partial charge in [0.2, 0.25) is 0 Å². The summed E-state index contributed by atoms with van der Waals surface area (Å²) >= 11 is 0. The van der Waals surface area contributed by atoms with Gasteiger partial charge in [0.25, 0.3) is 6.10 Å². The molecule has 0 bridgehead atoms. The van der Waals surface area contributed by atoms with Gasteiger partial charge in [-0.1, -0.05) is 89.5 Å². The van der Waals surface area contributed by atoms with E-state index in [2.05, 4.69) is 70.2 Å². The number of ether oxygens (including phenoxy) is 3. The molecule has 0 aliphatic rings. The van der Waals surface area contributed by atoms with Crippen LogP contribution in [0.5, 0.6) is 0 Å². The first-order chi connectivity index (χ1) is 23.4. The van der Waals surface area contributed by atoms with Crippen LogP contribution in [0.3, 0.4) is 0 Å². The molecule has 0 aromatic rings. The summed E-state index contributed by atoms with van der Waals surface area (Å²) in [5.41, 5.74) is 0. The van der Waals surface area contributed by atoms with E-state index < -0.39 is 82.4 Å². The van der Waals surface area contributed by atoms with Gasteiger partial charge in [0.1, 0.15) is 0 Å². The fourth-order valence-corrected chi connectivity index (χ4v) is 30.1. The second-order valence-electron chi connectivity index (χ2n) is 15.8. The van der Waals surface area contributed by atoms with Crippen molar-refractivity contribution in [1.82, 2.24) is 0 Å². The number of unbranched alkanes of at least 4 members (excludes halogenated alkanes) is 7. The van der Waals surface area contributed by atoms with E-state index in [0.717, 1.165) is 50.6 Å². The number of hydrogen-bond acceptors (Lipinski definition) is 11. The predicted octanol–water partition coefficient (Wildman–Crippen LogP) is 9.57. The first-order valence-electron chi connectivity index (χ1n) is 17.8. The van der Waals surface area contributed by atoms with E-state index in [1.807, 2.05) is 0 Å². The normalized spacial score (nSPS) is 14.7. The SMILES string of the molecule is C.C.C.C.C.C.COCCOCCC[Si](C)(O[Si](C)(C)O[Si](C)(C)C)O[Si](C)(CCCCCCCCCCC(=O)OC(C(F)(F)F)C(F)(F)S(=O)(=O)[O-])O[Si](C)(C)C.[K+]. The summed E-state index contributed by atoms with van der Waals surface area (Å²) in [5.74, 6) is -1.66. The molecule has 360 valence electrons. The maximum atomic E-state index is 13.6. The van der Waals surface area contributed by atoms with Crippen LogP contribution in [0.1, 0.15) is 109 Å². The van der Waals surface area contributed by atoms with Crippen molar-refractivity contribution in [3.63, 3.8) is 0 Å². The third-order valence-corrected chi connectivity index (χ3v) is 26.4. The number of carbonyl (C=O) groups excluding carboxylic acids is 1. The van der Waals surface area contributed by atoms with Gasteiger partial charge in [0.05, 0.1) is 13.2 Å². The Hall–Kier alpha value is 1.51. The molecular formula is C36H88F5KO11SSi5. The van der Waals surface area contributed by atoms with Crippen LogP contribution in [-0.2, 0) is 45.6 Å². The molecule has 0 aromatic heterocycles. The van der Waals surface area contributed by atoms with Gasteiger partial charge in [0.15, 0.2) is 26.8 Å². The molecule has 3 atom stereocenters. The van der Waals surface area contributed by atoms with Crippen molar-refractivity contribution in [2.75, 3.05) is 26.9 Å². The fraction of sp³-hybridized carbons (Fsp3) is 0.972. The molecule has 0 amide bonds. The Labute approximate surface area is 407 Å². The number of carbonyl (C=O) groups is 1. The van der Waals surface area contributed by atoms with E-state index in [1.165, 1.54) is 0 Å². The average molecular weight is 1000 g/mol. The van der Waals surface area contributed by atoms with Gasteiger partial charge in [-0.15, -0.1) is 0 Å². The van der Waals surface area contributed by atoms with E-state index in [-0.39, 0.29) is 102 Å². The number of halogens is 5. The summed E-state index contributed by atoms with van der Waals surface area (Å²) in [5, 5.41) is -5.84. The first kappa shape index (κ1) is 77.7. The molecule has 0 heterocycles. The van der Waals surface area contributed by atoms with Gasteiger partial charge in [0, 0.05) is 20.1 Å². The van der Waals surface area contributed by atoms with Crippen LogP contribution in [0.4, 0.5) is 22.0 Å². The molecule has 0 spiro atoms. The number of rotatable bonds is 29. The molecule has 0 aliphatic heterocycles. The van der Waals surface area contributed by atoms with Crippen molar-refractivity contribution in [3.05, 3.63) is 0 Å². The third-order valence-electron chi connectivity index (χ3n) is 7.27. The van der Waals surface area contributed by atoms with Gasteiger partial charge in [-0.05, 0) is 90.4 Å². The van der Waals surface area contributed by atoms with E-state index in [4.69, 9.17) is 25.9 Å². The van der Waals surface area contributed by atoms with Crippen molar-refractivity contribution in [2.45, 2.75) is 204 Å². The third kappa shape index (κ3) is 36.4. The summed E-state index contributed by atoms with van der Waals surface area (Å²) in [6.45, 7) is 22.9. The Morgan fingerprint density at radius 2 is 1.00 bits per heavy atom. The number of methoxy groups -OCH3 is 1. The Bertz CT molecular complexity index is 1170. The van der Waals surface area contributed by atoms with Gasteiger partial charge in [-0.3, -0.25) is 4.79 Å². The summed E-state index contributed by atoms with van der Waals surface area (Å²) in [6.07, 6.45) is -4.66. The maximum Gasteiger partial charge on any atom is 1.00 e. The van der Waals surface area contributed by atoms with Crippen molar-refractivity contribution >= 4 is 58.4 Å². The van der Waals surface area contributed by atoms with Crippen LogP contribution in [0.25, 0.3) is 0 Å². The molecule has 0 saturated heterocycles. The minimum absolute atomic E-state index is 0. The van der Waals surface area contributed by atoms with Crippen LogP contribution < -0.4 is 51.4 Å². The van der Waals surface area contributed by atoms with Gasteiger partial charge in [-0.25, -0.2) is 8.42 Å². The molecule has 0 rings (SSSR count). The molecule has 0 aliphatic carbocycles. The van der Waals surface area contributed by atoms with Crippen LogP contribution in [0, 0.1) is 0 Å². The van der Waals surface area contributed by atoms with Crippen molar-refractivity contribution < 1.29 is 122 Å². The number of esters is 1. The predicted molar refractivity (Wildman–Crippen MR) is 241 cm³/mol. The topological polar surface area (TPSA) is 139 Å². The first-order valence-corrected chi connectivity index (χ1v) is 33.9. The molecule has 0 N–H and O–H groups in total. The zero-order valence-electron chi connectivity index (χ0n) is 34.0. The molecule has 59 heavy (non-hydrogen) atoms. The Kier molecular flexibility index (Phi) is 44.7. The van der Waals surface area contributed by atoms with Crippen molar-refractivity contribution in [1.29, 1.82) is 0 Å². The average Bonchev–Trinajstić information content (AvgIpc) is 2.90. The van der Waals surface area contributed by atoms with Crippen LogP contribution in [0.15, 0.2) is 0 Å². The van der Waals surface area contributed by atoms with Crippen LogP contribution in [-0.4, -0.2) is 106 Å². The van der Waals surface area contributed by atoms with Crippen LogP contribution >= 0.6 is 0 Å². The van der Waals surface area contributed by atoms with Crippen molar-refractivity contribution in [3.8, 4) is 0 Å². The molecule has 0 radical (unpaired) electrons. The van der Waals surface area contributed by atoms with E-state index in [9.17, 15) is 39.7 Å². The summed E-state index contributed by atoms with van der Waals surface area (Å²) in [7, 11) is -17.0. The number of alkyl halides is 5. The summed E-state index contributed by atoms with van der Waals surface area (Å²) in [6, 6.07) is 1.52. The zero-order chi connectivity index (χ0) is 40.7. The largest absolute Gasteiger partial charge is 1.00 e.